The summed E-state index contributed by atoms with van der Waals surface area (Å²) in [5, 5.41) is 0. The van der Waals surface area contributed by atoms with E-state index >= 15 is 0 Å². The molecule has 1 heterocycles. The zero-order valence-electron chi connectivity index (χ0n) is 10.8. The van der Waals surface area contributed by atoms with Gasteiger partial charge in [-0.15, -0.1) is 0 Å². The van der Waals surface area contributed by atoms with Crippen molar-refractivity contribution >= 4 is 5.95 Å². The van der Waals surface area contributed by atoms with Crippen LogP contribution in [0.1, 0.15) is 44.1 Å². The van der Waals surface area contributed by atoms with Crippen molar-refractivity contribution in [2.75, 3.05) is 18.5 Å². The first-order chi connectivity index (χ1) is 8.16. The summed E-state index contributed by atoms with van der Waals surface area (Å²) in [5.41, 5.74) is 7.05. The zero-order chi connectivity index (χ0) is 12.3. The molecule has 1 aliphatic carbocycles. The van der Waals surface area contributed by atoms with Crippen LogP contribution >= 0.6 is 0 Å². The molecule has 1 unspecified atom stereocenters. The first kappa shape index (κ1) is 12.3. The Hall–Kier alpha value is -1.16. The minimum atomic E-state index is 0.137. The molecule has 94 valence electrons. The van der Waals surface area contributed by atoms with E-state index in [1.165, 1.54) is 31.2 Å². The molecule has 4 nitrogen and oxygen atoms in total. The van der Waals surface area contributed by atoms with Gasteiger partial charge in [0, 0.05) is 32.0 Å². The quantitative estimate of drug-likeness (QED) is 0.864. The molecule has 0 aromatic carbocycles. The third-order valence-corrected chi connectivity index (χ3v) is 3.39. The number of aromatic nitrogens is 2. The van der Waals surface area contributed by atoms with Crippen LogP contribution in [0.25, 0.3) is 0 Å². The van der Waals surface area contributed by atoms with Crippen LogP contribution in [0, 0.1) is 0 Å². The molecule has 2 rings (SSSR count). The Bertz CT molecular complexity index is 341. The summed E-state index contributed by atoms with van der Waals surface area (Å²) in [5.74, 6) is 1.45. The molecule has 0 saturated heterocycles. The summed E-state index contributed by atoms with van der Waals surface area (Å²) in [6.45, 7) is 2.77. The molecule has 1 aromatic rings. The average Bonchev–Trinajstić information content (AvgIpc) is 2.82. The van der Waals surface area contributed by atoms with Crippen LogP contribution in [0.5, 0.6) is 0 Å². The maximum absolute atomic E-state index is 5.76. The number of rotatable bonds is 4. The van der Waals surface area contributed by atoms with Gasteiger partial charge in [-0.25, -0.2) is 9.97 Å². The van der Waals surface area contributed by atoms with Gasteiger partial charge < -0.3 is 10.6 Å². The van der Waals surface area contributed by atoms with Crippen molar-refractivity contribution in [2.24, 2.45) is 5.73 Å². The molecule has 1 aromatic heterocycles. The summed E-state index contributed by atoms with van der Waals surface area (Å²) >= 11 is 0. The second kappa shape index (κ2) is 5.45. The maximum atomic E-state index is 5.76. The van der Waals surface area contributed by atoms with Crippen LogP contribution in [0.2, 0.25) is 0 Å². The Kier molecular flexibility index (Phi) is 3.94. The van der Waals surface area contributed by atoms with E-state index in [9.17, 15) is 0 Å². The van der Waals surface area contributed by atoms with Gasteiger partial charge in [0.1, 0.15) is 0 Å². The molecular formula is C13H22N4. The molecule has 1 atom stereocenters. The van der Waals surface area contributed by atoms with E-state index in [1.807, 2.05) is 31.3 Å². The average molecular weight is 234 g/mol. The van der Waals surface area contributed by atoms with E-state index in [4.69, 9.17) is 5.73 Å². The fraction of sp³-hybridized carbons (Fsp3) is 0.692. The van der Waals surface area contributed by atoms with E-state index in [1.54, 1.807) is 0 Å². The number of hydrogen-bond acceptors (Lipinski definition) is 4. The monoisotopic (exact) mass is 234 g/mol. The van der Waals surface area contributed by atoms with Crippen LogP contribution in [0.15, 0.2) is 12.4 Å². The largest absolute Gasteiger partial charge is 0.342 e. The van der Waals surface area contributed by atoms with Gasteiger partial charge >= 0.3 is 0 Å². The SMILES string of the molecule is CC(N)CN(C)c1ncc(C2CCCC2)cn1. The Morgan fingerprint density at radius 2 is 1.94 bits per heavy atom. The molecular weight excluding hydrogens is 212 g/mol. The highest BCUT2D eigenvalue weighted by Crippen LogP contribution is 2.33. The van der Waals surface area contributed by atoms with E-state index in [0.29, 0.717) is 5.92 Å². The van der Waals surface area contributed by atoms with Crippen molar-refractivity contribution < 1.29 is 0 Å². The smallest absolute Gasteiger partial charge is 0.225 e. The summed E-state index contributed by atoms with van der Waals surface area (Å²) in [6, 6.07) is 0.137. The van der Waals surface area contributed by atoms with Gasteiger partial charge in [0.15, 0.2) is 0 Å². The fourth-order valence-electron chi connectivity index (χ4n) is 2.51. The minimum absolute atomic E-state index is 0.137. The van der Waals surface area contributed by atoms with Gasteiger partial charge in [0.05, 0.1) is 0 Å². The van der Waals surface area contributed by atoms with Gasteiger partial charge in [-0.3, -0.25) is 0 Å². The van der Waals surface area contributed by atoms with Gasteiger partial charge in [-0.1, -0.05) is 12.8 Å². The number of nitrogens with zero attached hydrogens (tertiary/aromatic N) is 3. The molecule has 4 heteroatoms. The number of anilines is 1. The van der Waals surface area contributed by atoms with Crippen molar-refractivity contribution in [1.29, 1.82) is 0 Å². The van der Waals surface area contributed by atoms with Crippen molar-refractivity contribution in [1.82, 2.24) is 9.97 Å². The van der Waals surface area contributed by atoms with Gasteiger partial charge in [0.2, 0.25) is 5.95 Å². The fourth-order valence-corrected chi connectivity index (χ4v) is 2.51. The molecule has 0 amide bonds. The molecule has 1 saturated carbocycles. The highest BCUT2D eigenvalue weighted by atomic mass is 15.2. The van der Waals surface area contributed by atoms with Crippen LogP contribution in [0.3, 0.4) is 0 Å². The summed E-state index contributed by atoms with van der Waals surface area (Å²) in [7, 11) is 1.98. The zero-order valence-corrected chi connectivity index (χ0v) is 10.8. The lowest BCUT2D eigenvalue weighted by Gasteiger charge is -2.19. The first-order valence-electron chi connectivity index (χ1n) is 6.45. The van der Waals surface area contributed by atoms with Crippen molar-refractivity contribution in [3.05, 3.63) is 18.0 Å². The van der Waals surface area contributed by atoms with Crippen molar-refractivity contribution in [3.8, 4) is 0 Å². The van der Waals surface area contributed by atoms with Gasteiger partial charge in [-0.2, -0.15) is 0 Å². The van der Waals surface area contributed by atoms with Crippen molar-refractivity contribution in [2.45, 2.75) is 44.6 Å². The number of likely N-dealkylation sites (N-methyl/N-ethyl adjacent to an activating group) is 1. The molecule has 2 N–H and O–H groups in total. The normalized spacial score (nSPS) is 18.3. The lowest BCUT2D eigenvalue weighted by Crippen LogP contribution is -2.33. The van der Waals surface area contributed by atoms with Crippen LogP contribution in [0.4, 0.5) is 5.95 Å². The molecule has 0 spiro atoms. The highest BCUT2D eigenvalue weighted by molar-refractivity contribution is 5.29. The van der Waals surface area contributed by atoms with Gasteiger partial charge in [0.25, 0.3) is 0 Å². The Morgan fingerprint density at radius 3 is 2.47 bits per heavy atom. The standard InChI is InChI=1S/C13H22N4/c1-10(14)9-17(2)13-15-7-12(8-16-13)11-5-3-4-6-11/h7-8,10-11H,3-6,9,14H2,1-2H3. The minimum Gasteiger partial charge on any atom is -0.342 e. The van der Waals surface area contributed by atoms with E-state index in [0.717, 1.165) is 12.5 Å². The topological polar surface area (TPSA) is 55.0 Å². The molecule has 17 heavy (non-hydrogen) atoms. The predicted molar refractivity (Wildman–Crippen MR) is 70.2 cm³/mol. The lowest BCUT2D eigenvalue weighted by atomic mass is 10.0. The highest BCUT2D eigenvalue weighted by Gasteiger charge is 2.18. The lowest BCUT2D eigenvalue weighted by molar-refractivity contribution is 0.692. The van der Waals surface area contributed by atoms with E-state index in [2.05, 4.69) is 9.97 Å². The third-order valence-electron chi connectivity index (χ3n) is 3.39. The Morgan fingerprint density at radius 1 is 1.35 bits per heavy atom. The maximum Gasteiger partial charge on any atom is 0.225 e. The van der Waals surface area contributed by atoms with Crippen molar-refractivity contribution in [3.63, 3.8) is 0 Å². The Labute approximate surface area is 103 Å². The Balaban J connectivity index is 2.01. The molecule has 0 bridgehead atoms. The molecule has 0 radical (unpaired) electrons. The van der Waals surface area contributed by atoms with Crippen LogP contribution < -0.4 is 10.6 Å². The molecule has 0 aliphatic heterocycles. The number of nitrogens with two attached hydrogens (primary N) is 1. The van der Waals surface area contributed by atoms with E-state index in [-0.39, 0.29) is 6.04 Å². The third kappa shape index (κ3) is 3.16. The molecule has 1 fully saturated rings. The summed E-state index contributed by atoms with van der Waals surface area (Å²) in [6.07, 6.45) is 9.23. The van der Waals surface area contributed by atoms with Crippen LogP contribution in [-0.2, 0) is 0 Å². The van der Waals surface area contributed by atoms with Crippen LogP contribution in [-0.4, -0.2) is 29.6 Å². The summed E-state index contributed by atoms with van der Waals surface area (Å²) in [4.78, 5) is 10.9. The molecule has 1 aliphatic rings. The van der Waals surface area contributed by atoms with E-state index < -0.39 is 0 Å². The van der Waals surface area contributed by atoms with Gasteiger partial charge in [-0.05, 0) is 31.2 Å². The number of hydrogen-bond donors (Lipinski definition) is 1. The first-order valence-corrected chi connectivity index (χ1v) is 6.45. The predicted octanol–water partition coefficient (Wildman–Crippen LogP) is 1.92. The second-order valence-electron chi connectivity index (χ2n) is 5.16. The second-order valence-corrected chi connectivity index (χ2v) is 5.16. The summed E-state index contributed by atoms with van der Waals surface area (Å²) < 4.78 is 0.